The average Bonchev–Trinajstić information content (AvgIpc) is 2.49. The number of hydrogen-bond acceptors (Lipinski definition) is 4. The molecule has 30 heavy (non-hydrogen) atoms. The van der Waals surface area contributed by atoms with Crippen molar-refractivity contribution in [1.82, 2.24) is 5.32 Å². The molecule has 0 atom stereocenters. The Morgan fingerprint density at radius 2 is 1.43 bits per heavy atom. The molecular weight excluding hydrogens is 374 g/mol. The van der Waals surface area contributed by atoms with E-state index in [2.05, 4.69) is 74.6 Å². The number of phenols is 1. The second-order valence-electron chi connectivity index (χ2n) is 12.5. The van der Waals surface area contributed by atoms with Crippen LogP contribution in [0, 0.1) is 0 Å². The first-order valence-electron chi connectivity index (χ1n) is 11.2. The number of rotatable bonds is 5. The Kier molecular flexibility index (Phi) is 6.86. The van der Waals surface area contributed by atoms with E-state index in [1.807, 2.05) is 12.1 Å². The minimum atomic E-state index is -0.202. The van der Waals surface area contributed by atoms with Gasteiger partial charge >= 0.3 is 0 Å². The number of phenolic OH excluding ortho intramolecular Hbond substituents is 1. The summed E-state index contributed by atoms with van der Waals surface area (Å²) >= 11 is 0. The van der Waals surface area contributed by atoms with Gasteiger partial charge in [0.05, 0.1) is 6.10 Å². The van der Waals surface area contributed by atoms with Gasteiger partial charge in [-0.05, 0) is 68.1 Å². The molecule has 2 N–H and O–H groups in total. The summed E-state index contributed by atoms with van der Waals surface area (Å²) in [5.74, 6) is 0.427. The summed E-state index contributed by atoms with van der Waals surface area (Å²) in [7, 11) is 0. The van der Waals surface area contributed by atoms with E-state index in [0.29, 0.717) is 12.2 Å². The predicted molar refractivity (Wildman–Crippen MR) is 124 cm³/mol. The lowest BCUT2D eigenvalue weighted by Crippen LogP contribution is -2.59. The molecule has 4 heteroatoms. The molecule has 2 rings (SSSR count). The zero-order valence-electron chi connectivity index (χ0n) is 20.8. The van der Waals surface area contributed by atoms with Crippen LogP contribution < -0.4 is 5.32 Å². The highest BCUT2D eigenvalue weighted by molar-refractivity contribution is 5.82. The fourth-order valence-corrected chi connectivity index (χ4v) is 4.78. The van der Waals surface area contributed by atoms with Gasteiger partial charge in [0.2, 0.25) is 0 Å². The summed E-state index contributed by atoms with van der Waals surface area (Å²) in [6.45, 7) is 21.4. The molecule has 1 saturated heterocycles. The maximum atomic E-state index is 12.8. The lowest BCUT2D eigenvalue weighted by Gasteiger charge is -2.46. The van der Waals surface area contributed by atoms with Gasteiger partial charge in [0.1, 0.15) is 12.4 Å². The van der Waals surface area contributed by atoms with Crippen LogP contribution in [0.25, 0.3) is 0 Å². The Bertz CT molecular complexity index is 727. The van der Waals surface area contributed by atoms with E-state index in [0.717, 1.165) is 29.5 Å². The van der Waals surface area contributed by atoms with Crippen LogP contribution in [0.3, 0.4) is 0 Å². The van der Waals surface area contributed by atoms with Gasteiger partial charge in [-0.25, -0.2) is 0 Å². The van der Waals surface area contributed by atoms with E-state index in [1.165, 1.54) is 0 Å². The van der Waals surface area contributed by atoms with E-state index in [1.54, 1.807) is 0 Å². The molecule has 1 heterocycles. The van der Waals surface area contributed by atoms with Crippen molar-refractivity contribution in [3.8, 4) is 5.75 Å². The van der Waals surface area contributed by atoms with Gasteiger partial charge in [-0.2, -0.15) is 0 Å². The first kappa shape index (κ1) is 24.9. The molecule has 0 spiro atoms. The maximum absolute atomic E-state index is 12.8. The van der Waals surface area contributed by atoms with Crippen LogP contribution in [0.1, 0.15) is 98.8 Å². The summed E-state index contributed by atoms with van der Waals surface area (Å²) in [6.07, 6.45) is 2.19. The van der Waals surface area contributed by atoms with Gasteiger partial charge in [0.25, 0.3) is 0 Å². The second-order valence-corrected chi connectivity index (χ2v) is 12.5. The molecule has 1 aliphatic rings. The van der Waals surface area contributed by atoms with Crippen LogP contribution in [-0.2, 0) is 26.8 Å². The lowest BCUT2D eigenvalue weighted by molar-refractivity contribution is -0.127. The van der Waals surface area contributed by atoms with E-state index in [9.17, 15) is 9.90 Å². The molecule has 1 aliphatic heterocycles. The fourth-order valence-electron chi connectivity index (χ4n) is 4.78. The molecule has 4 nitrogen and oxygen atoms in total. The Morgan fingerprint density at radius 1 is 1.00 bits per heavy atom. The zero-order chi connectivity index (χ0) is 23.1. The SMILES string of the molecule is CC1(C)CC(OCC(=O)Cc2cc(C(C)(C)C)c(O)c(C(C)(C)C)c2)CC(C)(C)N1. The van der Waals surface area contributed by atoms with Crippen molar-refractivity contribution >= 4 is 5.78 Å². The zero-order valence-corrected chi connectivity index (χ0v) is 20.8. The highest BCUT2D eigenvalue weighted by Crippen LogP contribution is 2.40. The molecule has 1 fully saturated rings. The molecule has 0 aromatic heterocycles. The number of aromatic hydroxyl groups is 1. The standard InChI is InChI=1S/C26H43NO3/c1-23(2,3)20-12-17(13-21(22(20)29)24(4,5)6)11-18(28)16-30-19-14-25(7,8)27-26(9,10)15-19/h12-13,19,27,29H,11,14-16H2,1-10H3. The third-order valence-electron chi connectivity index (χ3n) is 5.82. The van der Waals surface area contributed by atoms with Crippen LogP contribution in [-0.4, -0.2) is 34.7 Å². The van der Waals surface area contributed by atoms with Gasteiger partial charge in [-0.1, -0.05) is 53.7 Å². The highest BCUT2D eigenvalue weighted by atomic mass is 16.5. The largest absolute Gasteiger partial charge is 0.507 e. The quantitative estimate of drug-likeness (QED) is 0.671. The Labute approximate surface area is 183 Å². The molecule has 1 aromatic rings. The highest BCUT2D eigenvalue weighted by Gasteiger charge is 2.38. The molecule has 0 amide bonds. The number of piperidine rings is 1. The summed E-state index contributed by atoms with van der Waals surface area (Å²) in [5.41, 5.74) is 2.31. The van der Waals surface area contributed by atoms with Crippen molar-refractivity contribution in [2.45, 2.75) is 117 Å². The van der Waals surface area contributed by atoms with E-state index < -0.39 is 0 Å². The normalized spacial score (nSPS) is 19.7. The van der Waals surface area contributed by atoms with Crippen molar-refractivity contribution in [2.24, 2.45) is 0 Å². The summed E-state index contributed by atoms with van der Waals surface area (Å²) in [4.78, 5) is 12.8. The van der Waals surface area contributed by atoms with E-state index in [-0.39, 0.29) is 40.4 Å². The van der Waals surface area contributed by atoms with Crippen LogP contribution in [0.2, 0.25) is 0 Å². The molecule has 0 unspecified atom stereocenters. The third-order valence-corrected chi connectivity index (χ3v) is 5.82. The number of hydrogen-bond donors (Lipinski definition) is 2. The maximum Gasteiger partial charge on any atom is 0.162 e. The number of carbonyl (C=O) groups excluding carboxylic acids is 1. The van der Waals surface area contributed by atoms with Gasteiger partial charge in [0, 0.05) is 17.5 Å². The summed E-state index contributed by atoms with van der Waals surface area (Å²) in [5, 5.41) is 14.5. The predicted octanol–water partition coefficient (Wildman–Crippen LogP) is 5.42. The monoisotopic (exact) mass is 417 g/mol. The number of Topliss-reactive ketones (excluding diaryl/α,β-unsaturated/α-hetero) is 1. The first-order valence-corrected chi connectivity index (χ1v) is 11.2. The Hall–Kier alpha value is -1.39. The Morgan fingerprint density at radius 3 is 1.83 bits per heavy atom. The van der Waals surface area contributed by atoms with Crippen molar-refractivity contribution in [3.05, 3.63) is 28.8 Å². The fraction of sp³-hybridized carbons (Fsp3) is 0.731. The number of ketones is 1. The second kappa shape index (κ2) is 8.27. The average molecular weight is 418 g/mol. The van der Waals surface area contributed by atoms with Gasteiger partial charge in [-0.3, -0.25) is 4.79 Å². The topological polar surface area (TPSA) is 58.6 Å². The molecule has 0 radical (unpaired) electrons. The van der Waals surface area contributed by atoms with Crippen LogP contribution >= 0.6 is 0 Å². The number of carbonyl (C=O) groups is 1. The number of ether oxygens (including phenoxy) is 1. The van der Waals surface area contributed by atoms with Gasteiger partial charge in [-0.15, -0.1) is 0 Å². The summed E-state index contributed by atoms with van der Waals surface area (Å²) < 4.78 is 6.07. The molecule has 0 saturated carbocycles. The molecule has 0 aliphatic carbocycles. The summed E-state index contributed by atoms with van der Waals surface area (Å²) in [6, 6.07) is 3.97. The minimum Gasteiger partial charge on any atom is -0.507 e. The van der Waals surface area contributed by atoms with Gasteiger partial charge in [0.15, 0.2) is 5.78 Å². The van der Waals surface area contributed by atoms with Gasteiger partial charge < -0.3 is 15.2 Å². The van der Waals surface area contributed by atoms with Crippen LogP contribution in [0.15, 0.2) is 12.1 Å². The van der Waals surface area contributed by atoms with E-state index >= 15 is 0 Å². The molecule has 0 bridgehead atoms. The minimum absolute atomic E-state index is 0.00432. The first-order chi connectivity index (χ1) is 13.4. The van der Waals surface area contributed by atoms with Crippen molar-refractivity contribution in [1.29, 1.82) is 0 Å². The van der Waals surface area contributed by atoms with E-state index in [4.69, 9.17) is 4.74 Å². The molecule has 1 aromatic carbocycles. The molecular formula is C26H43NO3. The Balaban J connectivity index is 2.15. The number of benzene rings is 1. The third kappa shape index (κ3) is 6.55. The smallest absolute Gasteiger partial charge is 0.162 e. The van der Waals surface area contributed by atoms with Crippen molar-refractivity contribution in [2.75, 3.05) is 6.61 Å². The number of nitrogens with one attached hydrogen (secondary N) is 1. The van der Waals surface area contributed by atoms with Crippen LogP contribution in [0.4, 0.5) is 0 Å². The van der Waals surface area contributed by atoms with Crippen molar-refractivity contribution < 1.29 is 14.6 Å². The lowest BCUT2D eigenvalue weighted by atomic mass is 9.78. The molecule has 170 valence electrons. The van der Waals surface area contributed by atoms with Crippen LogP contribution in [0.5, 0.6) is 5.75 Å². The van der Waals surface area contributed by atoms with Crippen molar-refractivity contribution in [3.63, 3.8) is 0 Å².